The first-order chi connectivity index (χ1) is 15.6. The van der Waals surface area contributed by atoms with Crippen LogP contribution in [0.2, 0.25) is 0 Å². The topological polar surface area (TPSA) is 133 Å². The van der Waals surface area contributed by atoms with E-state index in [1.54, 1.807) is 0 Å². The Hall–Kier alpha value is -3.24. The molecule has 0 spiro atoms. The summed E-state index contributed by atoms with van der Waals surface area (Å²) in [5.41, 5.74) is 0.977. The van der Waals surface area contributed by atoms with Gasteiger partial charge in [-0.2, -0.15) is 4.31 Å². The van der Waals surface area contributed by atoms with Gasteiger partial charge in [-0.05, 0) is 66.8 Å². The molecule has 0 unspecified atom stereocenters. The molecule has 1 heterocycles. The van der Waals surface area contributed by atoms with E-state index in [2.05, 4.69) is 10.6 Å². The molecule has 3 rings (SSSR count). The molecule has 3 N–H and O–H groups in total. The van der Waals surface area contributed by atoms with Crippen LogP contribution in [0, 0.1) is 11.8 Å². The summed E-state index contributed by atoms with van der Waals surface area (Å²) < 4.78 is 27.5. The standard InChI is InChI=1S/C23H27N3O6S/c1-15-11-16(2)14-26(13-15)33(31,32)20-9-5-18(6-10-20)23(30)25-19-7-3-17(4-8-19)22(29)24-12-21(27)28/h3-10,15-16H,11-14H2,1-2H3,(H,24,29)(H,25,30)(H,27,28)/t15-,16-/m1/s1. The van der Waals surface area contributed by atoms with Gasteiger partial charge in [0.2, 0.25) is 10.0 Å². The first-order valence-electron chi connectivity index (χ1n) is 10.6. The van der Waals surface area contributed by atoms with Crippen molar-refractivity contribution < 1.29 is 27.9 Å². The summed E-state index contributed by atoms with van der Waals surface area (Å²) in [6.07, 6.45) is 0.999. The molecule has 0 radical (unpaired) electrons. The number of carbonyl (C=O) groups is 3. The van der Waals surface area contributed by atoms with Gasteiger partial charge in [-0.1, -0.05) is 13.8 Å². The van der Waals surface area contributed by atoms with Crippen LogP contribution < -0.4 is 10.6 Å². The molecule has 2 aromatic rings. The van der Waals surface area contributed by atoms with E-state index < -0.39 is 34.4 Å². The number of piperidine rings is 1. The molecule has 1 saturated heterocycles. The first-order valence-corrected chi connectivity index (χ1v) is 12.0. The Bertz CT molecular complexity index is 1120. The van der Waals surface area contributed by atoms with Crippen molar-refractivity contribution in [2.45, 2.75) is 25.2 Å². The van der Waals surface area contributed by atoms with Crippen molar-refractivity contribution in [2.24, 2.45) is 11.8 Å². The van der Waals surface area contributed by atoms with Gasteiger partial charge >= 0.3 is 5.97 Å². The monoisotopic (exact) mass is 473 g/mol. The molecule has 0 aliphatic carbocycles. The van der Waals surface area contributed by atoms with Crippen LogP contribution in [0.3, 0.4) is 0 Å². The van der Waals surface area contributed by atoms with Crippen LogP contribution in [-0.4, -0.2) is 55.2 Å². The Kier molecular flexibility index (Phi) is 7.50. The number of hydrogen-bond donors (Lipinski definition) is 3. The molecule has 33 heavy (non-hydrogen) atoms. The third kappa shape index (κ3) is 6.17. The molecule has 10 heteroatoms. The third-order valence-electron chi connectivity index (χ3n) is 5.39. The normalized spacial score (nSPS) is 19.0. The van der Waals surface area contributed by atoms with Gasteiger partial charge in [-0.15, -0.1) is 0 Å². The molecule has 176 valence electrons. The summed E-state index contributed by atoms with van der Waals surface area (Å²) in [4.78, 5) is 35.1. The summed E-state index contributed by atoms with van der Waals surface area (Å²) in [5, 5.41) is 13.5. The Labute approximate surface area is 192 Å². The lowest BCUT2D eigenvalue weighted by atomic mass is 9.94. The molecular formula is C23H27N3O6S. The number of rotatable bonds is 7. The first kappa shape index (κ1) is 24.4. The van der Waals surface area contributed by atoms with Crippen LogP contribution in [0.5, 0.6) is 0 Å². The van der Waals surface area contributed by atoms with Crippen LogP contribution in [0.1, 0.15) is 41.0 Å². The van der Waals surface area contributed by atoms with Gasteiger partial charge in [0, 0.05) is 29.9 Å². The maximum atomic E-state index is 13.0. The highest BCUT2D eigenvalue weighted by Gasteiger charge is 2.31. The number of aliphatic carboxylic acids is 1. The second kappa shape index (κ2) is 10.1. The van der Waals surface area contributed by atoms with Gasteiger partial charge in [-0.25, -0.2) is 8.42 Å². The fraction of sp³-hybridized carbons (Fsp3) is 0.348. The second-order valence-electron chi connectivity index (χ2n) is 8.40. The molecule has 1 fully saturated rings. The predicted molar refractivity (Wildman–Crippen MR) is 123 cm³/mol. The van der Waals surface area contributed by atoms with Gasteiger partial charge in [0.05, 0.1) is 4.90 Å². The lowest BCUT2D eigenvalue weighted by molar-refractivity contribution is -0.135. The SMILES string of the molecule is C[C@@H]1C[C@@H](C)CN(S(=O)(=O)c2ccc(C(=O)Nc3ccc(C(=O)NCC(=O)O)cc3)cc2)C1. The van der Waals surface area contributed by atoms with E-state index in [-0.39, 0.29) is 16.0 Å². The number of hydrogen-bond acceptors (Lipinski definition) is 5. The van der Waals surface area contributed by atoms with Crippen molar-refractivity contribution in [1.29, 1.82) is 0 Å². The Morgan fingerprint density at radius 3 is 1.97 bits per heavy atom. The minimum atomic E-state index is -3.63. The van der Waals surface area contributed by atoms with Crippen molar-refractivity contribution in [3.05, 3.63) is 59.7 Å². The molecule has 2 aromatic carbocycles. The summed E-state index contributed by atoms with van der Waals surface area (Å²) in [6, 6.07) is 11.8. The number of nitrogens with one attached hydrogen (secondary N) is 2. The van der Waals surface area contributed by atoms with Crippen molar-refractivity contribution in [1.82, 2.24) is 9.62 Å². The number of carboxylic acid groups (broad SMARTS) is 1. The Balaban J connectivity index is 1.64. The van der Waals surface area contributed by atoms with E-state index in [0.717, 1.165) is 6.42 Å². The van der Waals surface area contributed by atoms with Crippen molar-refractivity contribution >= 4 is 33.5 Å². The minimum absolute atomic E-state index is 0.150. The van der Waals surface area contributed by atoms with Gasteiger partial charge in [0.15, 0.2) is 0 Å². The van der Waals surface area contributed by atoms with Crippen LogP contribution in [0.15, 0.2) is 53.4 Å². The fourth-order valence-corrected chi connectivity index (χ4v) is 5.58. The number of carbonyl (C=O) groups excluding carboxylic acids is 2. The zero-order valence-electron chi connectivity index (χ0n) is 18.4. The van der Waals surface area contributed by atoms with Crippen molar-refractivity contribution in [3.8, 4) is 0 Å². The summed E-state index contributed by atoms with van der Waals surface area (Å²) >= 11 is 0. The van der Waals surface area contributed by atoms with Gasteiger partial charge in [0.1, 0.15) is 6.54 Å². The quantitative estimate of drug-likeness (QED) is 0.566. The van der Waals surface area contributed by atoms with Crippen LogP contribution in [0.4, 0.5) is 5.69 Å². The van der Waals surface area contributed by atoms with E-state index in [1.807, 2.05) is 13.8 Å². The summed E-state index contributed by atoms with van der Waals surface area (Å²) in [5.74, 6) is -1.52. The van der Waals surface area contributed by atoms with Crippen molar-refractivity contribution in [2.75, 3.05) is 25.0 Å². The van der Waals surface area contributed by atoms with E-state index in [9.17, 15) is 22.8 Å². The molecule has 1 aliphatic rings. The zero-order valence-corrected chi connectivity index (χ0v) is 19.3. The Morgan fingerprint density at radius 2 is 1.42 bits per heavy atom. The van der Waals surface area contributed by atoms with E-state index >= 15 is 0 Å². The number of nitrogens with zero attached hydrogens (tertiary/aromatic N) is 1. The highest BCUT2D eigenvalue weighted by atomic mass is 32.2. The zero-order chi connectivity index (χ0) is 24.2. The Morgan fingerprint density at radius 1 is 0.909 bits per heavy atom. The van der Waals surface area contributed by atoms with Gasteiger partial charge in [-0.3, -0.25) is 14.4 Å². The molecule has 0 aromatic heterocycles. The largest absolute Gasteiger partial charge is 0.480 e. The van der Waals surface area contributed by atoms with Crippen LogP contribution in [0.25, 0.3) is 0 Å². The van der Waals surface area contributed by atoms with Crippen LogP contribution in [-0.2, 0) is 14.8 Å². The smallest absolute Gasteiger partial charge is 0.322 e. The second-order valence-corrected chi connectivity index (χ2v) is 10.3. The summed E-state index contributed by atoms with van der Waals surface area (Å²) in [7, 11) is -3.63. The number of amides is 2. The summed E-state index contributed by atoms with van der Waals surface area (Å²) in [6.45, 7) is 4.57. The van der Waals surface area contributed by atoms with E-state index in [1.165, 1.54) is 52.8 Å². The van der Waals surface area contributed by atoms with E-state index in [4.69, 9.17) is 5.11 Å². The molecule has 2 amide bonds. The molecular weight excluding hydrogens is 446 g/mol. The number of anilines is 1. The third-order valence-corrected chi connectivity index (χ3v) is 7.24. The molecule has 2 atom stereocenters. The average Bonchev–Trinajstić information content (AvgIpc) is 2.77. The molecule has 0 bridgehead atoms. The highest BCUT2D eigenvalue weighted by molar-refractivity contribution is 7.89. The molecule has 1 aliphatic heterocycles. The van der Waals surface area contributed by atoms with E-state index in [0.29, 0.717) is 30.6 Å². The maximum Gasteiger partial charge on any atom is 0.322 e. The number of sulfonamides is 1. The lowest BCUT2D eigenvalue weighted by Gasteiger charge is -2.34. The molecule has 0 saturated carbocycles. The highest BCUT2D eigenvalue weighted by Crippen LogP contribution is 2.27. The van der Waals surface area contributed by atoms with Gasteiger partial charge in [0.25, 0.3) is 11.8 Å². The predicted octanol–water partition coefficient (Wildman–Crippen LogP) is 2.42. The number of carboxylic acids is 1. The van der Waals surface area contributed by atoms with Gasteiger partial charge < -0.3 is 15.7 Å². The van der Waals surface area contributed by atoms with Crippen LogP contribution >= 0.6 is 0 Å². The lowest BCUT2D eigenvalue weighted by Crippen LogP contribution is -2.42. The maximum absolute atomic E-state index is 13.0. The average molecular weight is 474 g/mol. The van der Waals surface area contributed by atoms with Crippen molar-refractivity contribution in [3.63, 3.8) is 0 Å². The number of benzene rings is 2. The minimum Gasteiger partial charge on any atom is -0.480 e. The molecule has 9 nitrogen and oxygen atoms in total. The fourth-order valence-electron chi connectivity index (χ4n) is 3.90.